The molecule has 0 aliphatic heterocycles. The van der Waals surface area contributed by atoms with Crippen molar-refractivity contribution in [3.05, 3.63) is 64.6 Å². The third-order valence-electron chi connectivity index (χ3n) is 5.08. The standard InChI is InChI=1S/C24H25FN4O3/c1-15(2)9-10-29-16(3)11-19(17(29)4)12-20(13-26)24(30)31-14-22-27-23(28-32-22)18-5-7-21(25)8-6-18/h5-8,11-12,15H,9-10,14H2,1-4H3/b20-12+. The first-order chi connectivity index (χ1) is 15.3. The third kappa shape index (κ3) is 5.49. The lowest BCUT2D eigenvalue weighted by atomic mass is 10.1. The van der Waals surface area contributed by atoms with Gasteiger partial charge in [-0.25, -0.2) is 9.18 Å². The second kappa shape index (κ2) is 10.1. The van der Waals surface area contributed by atoms with Crippen molar-refractivity contribution in [2.24, 2.45) is 5.92 Å². The van der Waals surface area contributed by atoms with Crippen LogP contribution in [0.3, 0.4) is 0 Å². The van der Waals surface area contributed by atoms with Crippen molar-refractivity contribution in [1.82, 2.24) is 14.7 Å². The van der Waals surface area contributed by atoms with Crippen molar-refractivity contribution in [3.8, 4) is 17.5 Å². The van der Waals surface area contributed by atoms with E-state index in [1.807, 2.05) is 26.0 Å². The molecule has 8 heteroatoms. The summed E-state index contributed by atoms with van der Waals surface area (Å²) >= 11 is 0. The van der Waals surface area contributed by atoms with Crippen LogP contribution in [0.4, 0.5) is 4.39 Å². The van der Waals surface area contributed by atoms with Crippen LogP contribution in [0.2, 0.25) is 0 Å². The van der Waals surface area contributed by atoms with Crippen molar-refractivity contribution in [3.63, 3.8) is 0 Å². The van der Waals surface area contributed by atoms with Gasteiger partial charge in [-0.05, 0) is 68.2 Å². The molecule has 0 fully saturated rings. The second-order valence-electron chi connectivity index (χ2n) is 7.93. The van der Waals surface area contributed by atoms with Gasteiger partial charge in [0, 0.05) is 23.5 Å². The molecule has 1 aromatic carbocycles. The summed E-state index contributed by atoms with van der Waals surface area (Å²) in [6.45, 7) is 8.91. The van der Waals surface area contributed by atoms with Gasteiger partial charge in [-0.1, -0.05) is 19.0 Å². The number of benzene rings is 1. The van der Waals surface area contributed by atoms with E-state index < -0.39 is 5.97 Å². The number of nitriles is 1. The lowest BCUT2D eigenvalue weighted by molar-refractivity contribution is -0.140. The highest BCUT2D eigenvalue weighted by Crippen LogP contribution is 2.21. The number of halogens is 1. The molecule has 0 saturated heterocycles. The number of rotatable bonds is 8. The van der Waals surface area contributed by atoms with Crippen molar-refractivity contribution in [2.45, 2.75) is 47.3 Å². The van der Waals surface area contributed by atoms with Crippen LogP contribution in [0.25, 0.3) is 17.5 Å². The molecule has 2 heterocycles. The van der Waals surface area contributed by atoms with E-state index in [0.717, 1.165) is 29.9 Å². The summed E-state index contributed by atoms with van der Waals surface area (Å²) in [6, 6.07) is 9.47. The van der Waals surface area contributed by atoms with Gasteiger partial charge < -0.3 is 13.8 Å². The fraction of sp³-hybridized carbons (Fsp3) is 0.333. The van der Waals surface area contributed by atoms with Crippen LogP contribution in [-0.4, -0.2) is 20.7 Å². The average molecular weight is 436 g/mol. The molecule has 0 N–H and O–H groups in total. The van der Waals surface area contributed by atoms with Crippen LogP contribution in [0.1, 0.15) is 43.1 Å². The maximum Gasteiger partial charge on any atom is 0.349 e. The first kappa shape index (κ1) is 22.9. The SMILES string of the molecule is Cc1cc(/C=C(\C#N)C(=O)OCc2nc(-c3ccc(F)cc3)no2)c(C)n1CCC(C)C. The minimum atomic E-state index is -0.777. The highest BCUT2D eigenvalue weighted by Gasteiger charge is 2.16. The summed E-state index contributed by atoms with van der Waals surface area (Å²) in [5.74, 6) is -0.250. The van der Waals surface area contributed by atoms with Gasteiger partial charge in [0.15, 0.2) is 6.61 Å². The molecule has 3 aromatic rings. The largest absolute Gasteiger partial charge is 0.451 e. The topological polar surface area (TPSA) is 93.9 Å². The molecule has 0 aliphatic rings. The summed E-state index contributed by atoms with van der Waals surface area (Å²) < 4.78 is 25.5. The number of nitrogens with zero attached hydrogens (tertiary/aromatic N) is 4. The van der Waals surface area contributed by atoms with Crippen molar-refractivity contribution in [1.29, 1.82) is 5.26 Å². The zero-order valence-corrected chi connectivity index (χ0v) is 18.6. The Kier molecular flexibility index (Phi) is 7.21. The van der Waals surface area contributed by atoms with Crippen molar-refractivity contribution in [2.75, 3.05) is 0 Å². The second-order valence-corrected chi connectivity index (χ2v) is 7.93. The van der Waals surface area contributed by atoms with Crippen molar-refractivity contribution < 1.29 is 18.4 Å². The van der Waals surface area contributed by atoms with Crippen LogP contribution in [0, 0.1) is 36.9 Å². The minimum Gasteiger partial charge on any atom is -0.451 e. The molecule has 166 valence electrons. The Bertz CT molecular complexity index is 1170. The number of carbonyl (C=O) groups excluding carboxylic acids is 1. The number of aromatic nitrogens is 3. The van der Waals surface area contributed by atoms with E-state index in [1.165, 1.54) is 30.3 Å². The smallest absolute Gasteiger partial charge is 0.349 e. The fourth-order valence-electron chi connectivity index (χ4n) is 3.23. The number of carbonyl (C=O) groups is 1. The van der Waals surface area contributed by atoms with E-state index in [1.54, 1.807) is 0 Å². The van der Waals surface area contributed by atoms with Gasteiger partial charge in [-0.15, -0.1) is 0 Å². The van der Waals surface area contributed by atoms with Crippen molar-refractivity contribution >= 4 is 12.0 Å². The number of aryl methyl sites for hydroxylation is 1. The van der Waals surface area contributed by atoms with E-state index in [0.29, 0.717) is 11.5 Å². The van der Waals surface area contributed by atoms with Gasteiger partial charge in [0.25, 0.3) is 5.89 Å². The highest BCUT2D eigenvalue weighted by molar-refractivity contribution is 5.98. The van der Waals surface area contributed by atoms with Gasteiger partial charge >= 0.3 is 5.97 Å². The van der Waals surface area contributed by atoms with Gasteiger partial charge in [-0.3, -0.25) is 0 Å². The Morgan fingerprint density at radius 2 is 2.03 bits per heavy atom. The van der Waals surface area contributed by atoms with E-state index in [9.17, 15) is 14.4 Å². The Morgan fingerprint density at radius 1 is 1.31 bits per heavy atom. The molecular weight excluding hydrogens is 411 g/mol. The molecule has 7 nitrogen and oxygen atoms in total. The Morgan fingerprint density at radius 3 is 2.69 bits per heavy atom. The van der Waals surface area contributed by atoms with Crippen LogP contribution in [-0.2, 0) is 22.7 Å². The van der Waals surface area contributed by atoms with Gasteiger partial charge in [-0.2, -0.15) is 10.2 Å². The maximum absolute atomic E-state index is 13.0. The Labute approximate surface area is 186 Å². The van der Waals surface area contributed by atoms with Gasteiger partial charge in [0.1, 0.15) is 17.5 Å². The molecule has 0 amide bonds. The lowest BCUT2D eigenvalue weighted by Crippen LogP contribution is -2.07. The fourth-order valence-corrected chi connectivity index (χ4v) is 3.23. The van der Waals surface area contributed by atoms with Crippen LogP contribution in [0.15, 0.2) is 40.4 Å². The molecule has 0 unspecified atom stereocenters. The maximum atomic E-state index is 13.0. The zero-order valence-electron chi connectivity index (χ0n) is 18.6. The van der Waals surface area contributed by atoms with E-state index >= 15 is 0 Å². The van der Waals surface area contributed by atoms with Gasteiger partial charge in [0.05, 0.1) is 0 Å². The normalized spacial score (nSPS) is 11.6. The van der Waals surface area contributed by atoms with E-state index in [2.05, 4.69) is 28.6 Å². The molecule has 0 saturated carbocycles. The molecule has 0 bridgehead atoms. The number of esters is 1. The quantitative estimate of drug-likeness (QED) is 0.280. The average Bonchev–Trinajstić information content (AvgIpc) is 3.33. The Hall–Kier alpha value is -3.73. The number of ether oxygens (including phenoxy) is 1. The molecule has 3 rings (SSSR count). The summed E-state index contributed by atoms with van der Waals surface area (Å²) in [7, 11) is 0. The van der Waals surface area contributed by atoms with Crippen LogP contribution >= 0.6 is 0 Å². The lowest BCUT2D eigenvalue weighted by Gasteiger charge is -2.11. The minimum absolute atomic E-state index is 0.0711. The molecule has 32 heavy (non-hydrogen) atoms. The molecule has 0 spiro atoms. The summed E-state index contributed by atoms with van der Waals surface area (Å²) in [5, 5.41) is 13.3. The molecular formula is C24H25FN4O3. The van der Waals surface area contributed by atoms with Gasteiger partial charge in [0.2, 0.25) is 5.82 Å². The summed E-state index contributed by atoms with van der Waals surface area (Å²) in [5.41, 5.74) is 3.31. The number of hydrogen-bond acceptors (Lipinski definition) is 6. The monoisotopic (exact) mass is 436 g/mol. The van der Waals surface area contributed by atoms with Crippen LogP contribution in [0.5, 0.6) is 0 Å². The molecule has 0 atom stereocenters. The molecule has 2 aromatic heterocycles. The first-order valence-electron chi connectivity index (χ1n) is 10.3. The Balaban J connectivity index is 1.68. The zero-order chi connectivity index (χ0) is 23.3. The van der Waals surface area contributed by atoms with Crippen LogP contribution < -0.4 is 0 Å². The number of hydrogen-bond donors (Lipinski definition) is 0. The van der Waals surface area contributed by atoms with E-state index in [-0.39, 0.29) is 29.7 Å². The molecule has 0 aliphatic carbocycles. The highest BCUT2D eigenvalue weighted by atomic mass is 19.1. The summed E-state index contributed by atoms with van der Waals surface area (Å²) in [4.78, 5) is 16.6. The van der Waals surface area contributed by atoms with E-state index in [4.69, 9.17) is 9.26 Å². The predicted molar refractivity (Wildman–Crippen MR) is 116 cm³/mol. The third-order valence-corrected chi connectivity index (χ3v) is 5.08. The summed E-state index contributed by atoms with van der Waals surface area (Å²) in [6.07, 6.45) is 2.57. The first-order valence-corrected chi connectivity index (χ1v) is 10.3. The predicted octanol–water partition coefficient (Wildman–Crippen LogP) is 4.99. The molecule has 0 radical (unpaired) electrons.